The number of nitrogens with two attached hydrogens (primary N) is 1. The molecule has 2 aromatic rings. The molecule has 0 saturated carbocycles. The number of amides is 1. The number of carbonyl (C=O) groups is 2. The molecule has 0 fully saturated rings. The summed E-state index contributed by atoms with van der Waals surface area (Å²) in [6.45, 7) is 7.31. The average Bonchev–Trinajstić information content (AvgIpc) is 3.02. The molecule has 0 aliphatic rings. The molecule has 0 aliphatic carbocycles. The molecule has 1 heterocycles. The predicted octanol–water partition coefficient (Wildman–Crippen LogP) is 1.88. The normalized spacial score (nSPS) is 14.9. The van der Waals surface area contributed by atoms with Crippen LogP contribution < -0.4 is 11.1 Å². The first kappa shape index (κ1) is 21.9. The van der Waals surface area contributed by atoms with E-state index in [2.05, 4.69) is 10.3 Å². The van der Waals surface area contributed by atoms with Crippen LogP contribution in [-0.4, -0.2) is 46.3 Å². The molecule has 2 rings (SSSR count). The van der Waals surface area contributed by atoms with Crippen molar-refractivity contribution in [1.29, 1.82) is 0 Å². The van der Waals surface area contributed by atoms with Crippen LogP contribution >= 0.6 is 0 Å². The fourth-order valence-corrected chi connectivity index (χ4v) is 3.16. The molecule has 0 aliphatic heterocycles. The van der Waals surface area contributed by atoms with E-state index in [1.54, 1.807) is 13.8 Å². The maximum atomic E-state index is 12.6. The van der Waals surface area contributed by atoms with Crippen LogP contribution in [-0.2, 0) is 20.7 Å². The minimum absolute atomic E-state index is 0.164. The largest absolute Gasteiger partial charge is 0.461 e. The SMILES string of the molecule is CC(C)C[C@H](NC(=O)[C@@H](N)Cc1c[nH]c2ccccc12)C(O)C(=O)OC(C)C. The van der Waals surface area contributed by atoms with Crippen LogP contribution in [0.2, 0.25) is 0 Å². The van der Waals surface area contributed by atoms with Gasteiger partial charge in [0.05, 0.1) is 18.2 Å². The Kier molecular flexibility index (Phi) is 7.60. The summed E-state index contributed by atoms with van der Waals surface area (Å²) in [6.07, 6.45) is 0.838. The fraction of sp³-hybridized carbons (Fsp3) is 0.524. The summed E-state index contributed by atoms with van der Waals surface area (Å²) in [7, 11) is 0. The second-order valence-corrected chi connectivity index (χ2v) is 7.85. The summed E-state index contributed by atoms with van der Waals surface area (Å²) >= 11 is 0. The predicted molar refractivity (Wildman–Crippen MR) is 109 cm³/mol. The fourth-order valence-electron chi connectivity index (χ4n) is 3.16. The Balaban J connectivity index is 2.05. The maximum absolute atomic E-state index is 12.6. The van der Waals surface area contributed by atoms with Crippen molar-refractivity contribution >= 4 is 22.8 Å². The van der Waals surface area contributed by atoms with Gasteiger partial charge in [-0.05, 0) is 44.2 Å². The molecular formula is C21H31N3O4. The smallest absolute Gasteiger partial charge is 0.337 e. The van der Waals surface area contributed by atoms with E-state index in [1.807, 2.05) is 44.3 Å². The molecule has 7 heteroatoms. The van der Waals surface area contributed by atoms with Crippen molar-refractivity contribution in [3.63, 3.8) is 0 Å². The van der Waals surface area contributed by atoms with E-state index in [1.165, 1.54) is 0 Å². The summed E-state index contributed by atoms with van der Waals surface area (Å²) in [5.74, 6) is -0.991. The van der Waals surface area contributed by atoms with E-state index in [9.17, 15) is 14.7 Å². The second kappa shape index (κ2) is 9.71. The molecule has 0 saturated heterocycles. The summed E-state index contributed by atoms with van der Waals surface area (Å²) < 4.78 is 5.07. The minimum Gasteiger partial charge on any atom is -0.461 e. The van der Waals surface area contributed by atoms with Gasteiger partial charge in [-0.3, -0.25) is 4.79 Å². The van der Waals surface area contributed by atoms with E-state index in [0.717, 1.165) is 16.5 Å². The van der Waals surface area contributed by atoms with Gasteiger partial charge < -0.3 is 25.9 Å². The van der Waals surface area contributed by atoms with Crippen molar-refractivity contribution in [3.8, 4) is 0 Å². The Morgan fingerprint density at radius 2 is 1.89 bits per heavy atom. The van der Waals surface area contributed by atoms with Gasteiger partial charge in [0.2, 0.25) is 5.91 Å². The molecule has 154 valence electrons. The molecule has 28 heavy (non-hydrogen) atoms. The zero-order valence-electron chi connectivity index (χ0n) is 16.9. The first-order chi connectivity index (χ1) is 13.2. The van der Waals surface area contributed by atoms with Crippen molar-refractivity contribution in [2.75, 3.05) is 0 Å². The van der Waals surface area contributed by atoms with Crippen molar-refractivity contribution in [3.05, 3.63) is 36.0 Å². The monoisotopic (exact) mass is 389 g/mol. The van der Waals surface area contributed by atoms with Gasteiger partial charge in [0, 0.05) is 17.1 Å². The van der Waals surface area contributed by atoms with Gasteiger partial charge in [-0.2, -0.15) is 0 Å². The van der Waals surface area contributed by atoms with E-state index < -0.39 is 30.1 Å². The van der Waals surface area contributed by atoms with Crippen LogP contribution in [0.5, 0.6) is 0 Å². The number of benzene rings is 1. The topological polar surface area (TPSA) is 117 Å². The van der Waals surface area contributed by atoms with E-state index >= 15 is 0 Å². The summed E-state index contributed by atoms with van der Waals surface area (Å²) in [6, 6.07) is 6.23. The zero-order chi connectivity index (χ0) is 20.8. The number of aliphatic hydroxyl groups excluding tert-OH is 1. The van der Waals surface area contributed by atoms with E-state index in [-0.39, 0.29) is 12.0 Å². The van der Waals surface area contributed by atoms with Crippen LogP contribution in [0.25, 0.3) is 10.9 Å². The average molecular weight is 389 g/mol. The molecule has 7 nitrogen and oxygen atoms in total. The number of H-pyrrole nitrogens is 1. The number of rotatable bonds is 9. The van der Waals surface area contributed by atoms with E-state index in [4.69, 9.17) is 10.5 Å². The van der Waals surface area contributed by atoms with Crippen LogP contribution in [0, 0.1) is 5.92 Å². The number of aromatic nitrogens is 1. The van der Waals surface area contributed by atoms with Gasteiger partial charge in [0.15, 0.2) is 6.10 Å². The minimum atomic E-state index is -1.44. The number of fused-ring (bicyclic) bond motifs is 1. The summed E-state index contributed by atoms with van der Waals surface area (Å²) in [4.78, 5) is 27.9. The first-order valence-corrected chi connectivity index (χ1v) is 9.68. The molecule has 3 atom stereocenters. The number of nitrogens with one attached hydrogen (secondary N) is 2. The maximum Gasteiger partial charge on any atom is 0.337 e. The molecule has 0 radical (unpaired) electrons. The van der Waals surface area contributed by atoms with Gasteiger partial charge in [0.25, 0.3) is 0 Å². The Morgan fingerprint density at radius 1 is 1.21 bits per heavy atom. The molecule has 1 amide bonds. The van der Waals surface area contributed by atoms with Crippen LogP contribution in [0.1, 0.15) is 39.7 Å². The lowest BCUT2D eigenvalue weighted by atomic mass is 9.98. The first-order valence-electron chi connectivity index (χ1n) is 9.68. The lowest BCUT2D eigenvalue weighted by Crippen LogP contribution is -2.53. The van der Waals surface area contributed by atoms with E-state index in [0.29, 0.717) is 12.8 Å². The lowest BCUT2D eigenvalue weighted by molar-refractivity contribution is -0.159. The number of para-hydroxylation sites is 1. The van der Waals surface area contributed by atoms with Gasteiger partial charge in [-0.1, -0.05) is 32.0 Å². The molecule has 0 spiro atoms. The molecule has 5 N–H and O–H groups in total. The third-order valence-electron chi connectivity index (χ3n) is 4.48. The Bertz CT molecular complexity index is 800. The van der Waals surface area contributed by atoms with Gasteiger partial charge in [-0.15, -0.1) is 0 Å². The number of esters is 1. The highest BCUT2D eigenvalue weighted by Crippen LogP contribution is 2.19. The number of aliphatic hydroxyl groups is 1. The zero-order valence-corrected chi connectivity index (χ0v) is 16.9. The Hall–Kier alpha value is -2.38. The lowest BCUT2D eigenvalue weighted by Gasteiger charge is -2.26. The Labute approximate surface area is 165 Å². The molecular weight excluding hydrogens is 358 g/mol. The van der Waals surface area contributed by atoms with Gasteiger partial charge >= 0.3 is 5.97 Å². The number of ether oxygens (including phenoxy) is 1. The highest BCUT2D eigenvalue weighted by atomic mass is 16.6. The van der Waals surface area contributed by atoms with Gasteiger partial charge in [0.1, 0.15) is 0 Å². The van der Waals surface area contributed by atoms with Crippen molar-refractivity contribution < 1.29 is 19.4 Å². The quantitative estimate of drug-likeness (QED) is 0.489. The standard InChI is InChI=1S/C21H31N3O4/c1-12(2)9-18(19(25)21(27)28-13(3)4)24-20(26)16(22)10-14-11-23-17-8-6-5-7-15(14)17/h5-8,11-13,16,18-19,23,25H,9-10,22H2,1-4H3,(H,24,26)/t16-,18-,19?/m0/s1. The summed E-state index contributed by atoms with van der Waals surface area (Å²) in [5.41, 5.74) is 8.04. The van der Waals surface area contributed by atoms with Crippen molar-refractivity contribution in [2.24, 2.45) is 11.7 Å². The number of carbonyl (C=O) groups excluding carboxylic acids is 2. The van der Waals surface area contributed by atoms with Crippen molar-refractivity contribution in [1.82, 2.24) is 10.3 Å². The third kappa shape index (κ3) is 5.81. The van der Waals surface area contributed by atoms with Crippen molar-refractivity contribution in [2.45, 2.75) is 64.8 Å². The molecule has 1 unspecified atom stereocenters. The third-order valence-corrected chi connectivity index (χ3v) is 4.48. The van der Waals surface area contributed by atoms with Crippen LogP contribution in [0.15, 0.2) is 30.5 Å². The number of aromatic amines is 1. The number of hydrogen-bond donors (Lipinski definition) is 4. The highest BCUT2D eigenvalue weighted by molar-refractivity contribution is 5.86. The Morgan fingerprint density at radius 3 is 2.54 bits per heavy atom. The molecule has 0 bridgehead atoms. The number of hydrogen-bond acceptors (Lipinski definition) is 5. The van der Waals surface area contributed by atoms with Gasteiger partial charge in [-0.25, -0.2) is 4.79 Å². The van der Waals surface area contributed by atoms with Crippen LogP contribution in [0.4, 0.5) is 0 Å². The molecule has 1 aromatic carbocycles. The molecule has 1 aromatic heterocycles. The summed E-state index contributed by atoms with van der Waals surface area (Å²) in [5, 5.41) is 14.1. The van der Waals surface area contributed by atoms with Crippen LogP contribution in [0.3, 0.4) is 0 Å². The second-order valence-electron chi connectivity index (χ2n) is 7.85. The highest BCUT2D eigenvalue weighted by Gasteiger charge is 2.31.